The number of hydrogen-bond acceptors (Lipinski definition) is 4. The van der Waals surface area contributed by atoms with Crippen molar-refractivity contribution in [1.29, 1.82) is 0 Å². The van der Waals surface area contributed by atoms with Crippen LogP contribution in [0.3, 0.4) is 0 Å². The Morgan fingerprint density at radius 1 is 1.00 bits per heavy atom. The highest BCUT2D eigenvalue weighted by Crippen LogP contribution is 2.28. The van der Waals surface area contributed by atoms with E-state index in [-0.39, 0.29) is 5.91 Å². The molecule has 0 bridgehead atoms. The molecule has 26 heavy (non-hydrogen) atoms. The highest BCUT2D eigenvalue weighted by atomic mass is 16.5. The normalized spacial score (nSPS) is 10.3. The number of benzene rings is 2. The van der Waals surface area contributed by atoms with Gasteiger partial charge in [0.1, 0.15) is 5.75 Å². The molecule has 0 unspecified atom stereocenters. The van der Waals surface area contributed by atoms with Gasteiger partial charge < -0.3 is 19.1 Å². The number of amides is 1. The number of methoxy groups -OCH3 is 2. The number of carbonyl (C=O) groups is 1. The van der Waals surface area contributed by atoms with Crippen molar-refractivity contribution in [2.24, 2.45) is 0 Å². The molecule has 140 valence electrons. The highest BCUT2D eigenvalue weighted by molar-refractivity contribution is 5.79. The summed E-state index contributed by atoms with van der Waals surface area (Å²) in [5, 5.41) is 0. The predicted octanol–water partition coefficient (Wildman–Crippen LogP) is 3.61. The molecule has 0 spiro atoms. The maximum Gasteiger partial charge on any atom is 0.227 e. The first-order chi connectivity index (χ1) is 12.5. The second-order valence-electron chi connectivity index (χ2n) is 6.16. The van der Waals surface area contributed by atoms with E-state index in [9.17, 15) is 4.79 Å². The van der Waals surface area contributed by atoms with Crippen LogP contribution >= 0.6 is 0 Å². The van der Waals surface area contributed by atoms with Crippen LogP contribution in [0.2, 0.25) is 0 Å². The molecule has 2 aromatic carbocycles. The van der Waals surface area contributed by atoms with E-state index in [0.29, 0.717) is 31.1 Å². The number of carbonyl (C=O) groups excluding carboxylic acids is 1. The molecule has 5 heteroatoms. The molecule has 0 saturated heterocycles. The van der Waals surface area contributed by atoms with Gasteiger partial charge in [-0.15, -0.1) is 0 Å². The summed E-state index contributed by atoms with van der Waals surface area (Å²) in [5.74, 6) is 2.14. The fourth-order valence-corrected chi connectivity index (χ4v) is 2.79. The van der Waals surface area contributed by atoms with Gasteiger partial charge in [0.05, 0.1) is 27.2 Å². The highest BCUT2D eigenvalue weighted by Gasteiger charge is 2.15. The van der Waals surface area contributed by atoms with E-state index in [1.54, 1.807) is 26.2 Å². The van der Waals surface area contributed by atoms with Crippen LogP contribution in [-0.4, -0.2) is 38.7 Å². The Morgan fingerprint density at radius 2 is 1.69 bits per heavy atom. The summed E-state index contributed by atoms with van der Waals surface area (Å²) in [7, 11) is 5.03. The monoisotopic (exact) mass is 357 g/mol. The third-order valence-electron chi connectivity index (χ3n) is 4.15. The zero-order valence-corrected chi connectivity index (χ0v) is 16.2. The van der Waals surface area contributed by atoms with Crippen molar-refractivity contribution < 1.29 is 19.0 Å². The number of likely N-dealkylation sites (N-methyl/N-ethyl adjacent to an activating group) is 1. The van der Waals surface area contributed by atoms with Crippen molar-refractivity contribution >= 4 is 5.91 Å². The Balaban J connectivity index is 2.08. The standard InChI is InChI=1S/C21H27NO4/c1-6-26-19-10-8-16(12-20(19)25-5)14-22(3)21(23)13-17-11-15(2)7-9-18(17)24-4/h7-12H,6,13-14H2,1-5H3. The van der Waals surface area contributed by atoms with E-state index in [4.69, 9.17) is 14.2 Å². The number of nitrogens with zero attached hydrogens (tertiary/aromatic N) is 1. The summed E-state index contributed by atoms with van der Waals surface area (Å²) in [6, 6.07) is 11.6. The lowest BCUT2D eigenvalue weighted by molar-refractivity contribution is -0.129. The van der Waals surface area contributed by atoms with E-state index in [1.807, 2.05) is 50.2 Å². The maximum absolute atomic E-state index is 12.6. The third kappa shape index (κ3) is 4.91. The lowest BCUT2D eigenvalue weighted by Crippen LogP contribution is -2.27. The lowest BCUT2D eigenvalue weighted by Gasteiger charge is -2.19. The Labute approximate surface area is 155 Å². The summed E-state index contributed by atoms with van der Waals surface area (Å²) in [4.78, 5) is 14.3. The van der Waals surface area contributed by atoms with Crippen LogP contribution in [0.5, 0.6) is 17.2 Å². The Morgan fingerprint density at radius 3 is 2.35 bits per heavy atom. The number of rotatable bonds is 8. The van der Waals surface area contributed by atoms with Gasteiger partial charge in [-0.2, -0.15) is 0 Å². The SMILES string of the molecule is CCOc1ccc(CN(C)C(=O)Cc2cc(C)ccc2OC)cc1OC. The number of hydrogen-bond donors (Lipinski definition) is 0. The van der Waals surface area contributed by atoms with Crippen molar-refractivity contribution in [2.75, 3.05) is 27.9 Å². The molecule has 0 heterocycles. The van der Waals surface area contributed by atoms with Gasteiger partial charge in [0.2, 0.25) is 5.91 Å². The van der Waals surface area contributed by atoms with Gasteiger partial charge in [-0.05, 0) is 37.6 Å². The van der Waals surface area contributed by atoms with E-state index in [2.05, 4.69) is 0 Å². The van der Waals surface area contributed by atoms with Gasteiger partial charge in [-0.25, -0.2) is 0 Å². The first-order valence-corrected chi connectivity index (χ1v) is 8.65. The molecule has 0 aliphatic rings. The first-order valence-electron chi connectivity index (χ1n) is 8.65. The van der Waals surface area contributed by atoms with Crippen LogP contribution in [-0.2, 0) is 17.8 Å². The van der Waals surface area contributed by atoms with Crippen LogP contribution in [0.4, 0.5) is 0 Å². The van der Waals surface area contributed by atoms with E-state index in [0.717, 1.165) is 22.4 Å². The Bertz CT molecular complexity index is 758. The van der Waals surface area contributed by atoms with Crippen molar-refractivity contribution in [2.45, 2.75) is 26.8 Å². The molecular formula is C21H27NO4. The van der Waals surface area contributed by atoms with Gasteiger partial charge in [0, 0.05) is 19.2 Å². The molecule has 0 saturated carbocycles. The summed E-state index contributed by atoms with van der Waals surface area (Å²) in [6.07, 6.45) is 0.301. The zero-order valence-electron chi connectivity index (χ0n) is 16.2. The molecule has 0 aromatic heterocycles. The fraction of sp³-hybridized carbons (Fsp3) is 0.381. The minimum absolute atomic E-state index is 0.0294. The van der Waals surface area contributed by atoms with Crippen LogP contribution in [0.15, 0.2) is 36.4 Å². The van der Waals surface area contributed by atoms with Crippen molar-refractivity contribution in [3.63, 3.8) is 0 Å². The average Bonchev–Trinajstić information content (AvgIpc) is 2.63. The van der Waals surface area contributed by atoms with Gasteiger partial charge in [0.25, 0.3) is 0 Å². The van der Waals surface area contributed by atoms with Crippen molar-refractivity contribution in [3.8, 4) is 17.2 Å². The van der Waals surface area contributed by atoms with Gasteiger partial charge in [-0.3, -0.25) is 4.79 Å². The number of ether oxygens (including phenoxy) is 3. The molecular weight excluding hydrogens is 330 g/mol. The zero-order chi connectivity index (χ0) is 19.1. The second-order valence-corrected chi connectivity index (χ2v) is 6.16. The quantitative estimate of drug-likeness (QED) is 0.724. The molecule has 0 aliphatic carbocycles. The van der Waals surface area contributed by atoms with Crippen molar-refractivity contribution in [1.82, 2.24) is 4.90 Å². The summed E-state index contributed by atoms with van der Waals surface area (Å²) < 4.78 is 16.3. The largest absolute Gasteiger partial charge is 0.496 e. The minimum atomic E-state index is 0.0294. The minimum Gasteiger partial charge on any atom is -0.496 e. The topological polar surface area (TPSA) is 48.0 Å². The van der Waals surface area contributed by atoms with Crippen LogP contribution < -0.4 is 14.2 Å². The van der Waals surface area contributed by atoms with Crippen LogP contribution in [0.1, 0.15) is 23.6 Å². The molecule has 0 aliphatic heterocycles. The molecule has 2 aromatic rings. The summed E-state index contributed by atoms with van der Waals surface area (Å²) in [5.41, 5.74) is 2.98. The molecule has 2 rings (SSSR count). The van der Waals surface area contributed by atoms with E-state index in [1.165, 1.54) is 0 Å². The first kappa shape index (κ1) is 19.6. The summed E-state index contributed by atoms with van der Waals surface area (Å²) >= 11 is 0. The average molecular weight is 357 g/mol. The fourth-order valence-electron chi connectivity index (χ4n) is 2.79. The third-order valence-corrected chi connectivity index (χ3v) is 4.15. The van der Waals surface area contributed by atoms with Crippen molar-refractivity contribution in [3.05, 3.63) is 53.1 Å². The van der Waals surface area contributed by atoms with Gasteiger partial charge in [0.15, 0.2) is 11.5 Å². The van der Waals surface area contributed by atoms with E-state index >= 15 is 0 Å². The van der Waals surface area contributed by atoms with Crippen LogP contribution in [0, 0.1) is 6.92 Å². The lowest BCUT2D eigenvalue weighted by atomic mass is 10.1. The molecule has 0 N–H and O–H groups in total. The maximum atomic E-state index is 12.6. The number of aryl methyl sites for hydroxylation is 1. The smallest absolute Gasteiger partial charge is 0.227 e. The summed E-state index contributed by atoms with van der Waals surface area (Å²) in [6.45, 7) is 5.00. The molecule has 5 nitrogen and oxygen atoms in total. The van der Waals surface area contributed by atoms with Gasteiger partial charge >= 0.3 is 0 Å². The molecule has 0 radical (unpaired) electrons. The molecule has 0 fully saturated rings. The Hall–Kier alpha value is -2.69. The predicted molar refractivity (Wildman–Crippen MR) is 102 cm³/mol. The Kier molecular flexibility index (Phi) is 6.89. The van der Waals surface area contributed by atoms with Gasteiger partial charge in [-0.1, -0.05) is 23.8 Å². The van der Waals surface area contributed by atoms with Crippen LogP contribution in [0.25, 0.3) is 0 Å². The molecule has 0 atom stereocenters. The van der Waals surface area contributed by atoms with E-state index < -0.39 is 0 Å². The molecule has 1 amide bonds. The second kappa shape index (κ2) is 9.13.